The van der Waals surface area contributed by atoms with Crippen molar-refractivity contribution >= 4 is 16.7 Å². The van der Waals surface area contributed by atoms with E-state index in [0.29, 0.717) is 11.1 Å². The molecule has 1 heterocycles. The number of aromatic hydroxyl groups is 1. The Morgan fingerprint density at radius 3 is 2.87 bits per heavy atom. The molecule has 0 radical (unpaired) electrons. The molecule has 74 valence electrons. The summed E-state index contributed by atoms with van der Waals surface area (Å²) >= 11 is 0. The van der Waals surface area contributed by atoms with Crippen molar-refractivity contribution in [2.45, 2.75) is 6.92 Å². The number of nitrogen functional groups attached to an aromatic ring is 1. The average Bonchev–Trinajstić information content (AvgIpc) is 2.20. The Kier molecular flexibility index (Phi) is 1.94. The standard InChI is InChI=1S/C11H9N3O/c1-6-8-4-7(15)2-3-10(8)14-11(13)9(6)5-12/h2-4,15H,1H3,(H2,13,14). The molecule has 2 rings (SSSR count). The Morgan fingerprint density at radius 1 is 1.47 bits per heavy atom. The molecule has 0 saturated carbocycles. The van der Waals surface area contributed by atoms with Gasteiger partial charge in [-0.3, -0.25) is 0 Å². The van der Waals surface area contributed by atoms with Crippen molar-refractivity contribution in [3.8, 4) is 11.8 Å². The van der Waals surface area contributed by atoms with Crippen molar-refractivity contribution in [2.75, 3.05) is 5.73 Å². The second kappa shape index (κ2) is 3.14. The Balaban J connectivity index is 2.94. The smallest absolute Gasteiger partial charge is 0.142 e. The molecule has 1 aromatic carbocycles. The minimum atomic E-state index is 0.154. The van der Waals surface area contributed by atoms with Crippen molar-refractivity contribution in [2.24, 2.45) is 0 Å². The number of pyridine rings is 1. The largest absolute Gasteiger partial charge is 0.508 e. The molecule has 1 aromatic heterocycles. The summed E-state index contributed by atoms with van der Waals surface area (Å²) in [4.78, 5) is 4.09. The van der Waals surface area contributed by atoms with Gasteiger partial charge in [-0.1, -0.05) is 0 Å². The summed E-state index contributed by atoms with van der Waals surface area (Å²) in [5.41, 5.74) is 7.44. The maximum atomic E-state index is 9.35. The van der Waals surface area contributed by atoms with Gasteiger partial charge in [-0.2, -0.15) is 5.26 Å². The predicted octanol–water partition coefficient (Wildman–Crippen LogP) is 1.70. The first-order valence-electron chi connectivity index (χ1n) is 4.42. The number of aryl methyl sites for hydroxylation is 1. The lowest BCUT2D eigenvalue weighted by Gasteiger charge is -2.06. The van der Waals surface area contributed by atoms with Crippen LogP contribution in [0.25, 0.3) is 10.9 Å². The van der Waals surface area contributed by atoms with Crippen LogP contribution in [0.15, 0.2) is 18.2 Å². The number of fused-ring (bicyclic) bond motifs is 1. The van der Waals surface area contributed by atoms with Gasteiger partial charge in [0.2, 0.25) is 0 Å². The van der Waals surface area contributed by atoms with Gasteiger partial charge in [-0.25, -0.2) is 4.98 Å². The summed E-state index contributed by atoms with van der Waals surface area (Å²) in [6, 6.07) is 6.80. The molecule has 0 atom stereocenters. The third kappa shape index (κ3) is 1.34. The van der Waals surface area contributed by atoms with Gasteiger partial charge >= 0.3 is 0 Å². The van der Waals surface area contributed by atoms with E-state index in [-0.39, 0.29) is 11.6 Å². The monoisotopic (exact) mass is 199 g/mol. The molecular formula is C11H9N3O. The molecular weight excluding hydrogens is 190 g/mol. The van der Waals surface area contributed by atoms with Crippen molar-refractivity contribution in [1.29, 1.82) is 5.26 Å². The van der Waals surface area contributed by atoms with E-state index in [1.807, 2.05) is 6.07 Å². The first kappa shape index (κ1) is 9.28. The normalized spacial score (nSPS) is 10.1. The zero-order chi connectivity index (χ0) is 11.0. The number of phenolic OH excluding ortho intramolecular Hbond substituents is 1. The summed E-state index contributed by atoms with van der Waals surface area (Å²) in [5, 5.41) is 19.0. The van der Waals surface area contributed by atoms with E-state index in [1.165, 1.54) is 0 Å². The molecule has 0 saturated heterocycles. The number of hydrogen-bond acceptors (Lipinski definition) is 4. The van der Waals surface area contributed by atoms with E-state index >= 15 is 0 Å². The minimum absolute atomic E-state index is 0.154. The number of nitrogens with two attached hydrogens (primary N) is 1. The SMILES string of the molecule is Cc1c(C#N)c(N)nc2ccc(O)cc12. The van der Waals surface area contributed by atoms with E-state index in [2.05, 4.69) is 4.98 Å². The molecule has 0 amide bonds. The van der Waals surface area contributed by atoms with E-state index in [1.54, 1.807) is 25.1 Å². The van der Waals surface area contributed by atoms with Crippen molar-refractivity contribution in [3.63, 3.8) is 0 Å². The van der Waals surface area contributed by atoms with Gasteiger partial charge in [0.25, 0.3) is 0 Å². The molecule has 4 heteroatoms. The molecule has 4 nitrogen and oxygen atoms in total. The lowest BCUT2D eigenvalue weighted by Crippen LogP contribution is -1.98. The molecule has 0 aliphatic carbocycles. The van der Waals surface area contributed by atoms with Crippen LogP contribution in [0.3, 0.4) is 0 Å². The summed E-state index contributed by atoms with van der Waals surface area (Å²) < 4.78 is 0. The van der Waals surface area contributed by atoms with Gasteiger partial charge in [-0.15, -0.1) is 0 Å². The number of nitrogens with zero attached hydrogens (tertiary/aromatic N) is 2. The topological polar surface area (TPSA) is 82.9 Å². The van der Waals surface area contributed by atoms with Crippen LogP contribution in [-0.4, -0.2) is 10.1 Å². The van der Waals surface area contributed by atoms with Gasteiger partial charge in [0.1, 0.15) is 17.6 Å². The van der Waals surface area contributed by atoms with E-state index < -0.39 is 0 Å². The maximum Gasteiger partial charge on any atom is 0.142 e. The summed E-state index contributed by atoms with van der Waals surface area (Å²) in [7, 11) is 0. The van der Waals surface area contributed by atoms with Crippen LogP contribution in [0.4, 0.5) is 5.82 Å². The van der Waals surface area contributed by atoms with Gasteiger partial charge in [0, 0.05) is 5.39 Å². The summed E-state index contributed by atoms with van der Waals surface area (Å²) in [6.07, 6.45) is 0. The molecule has 0 unspecified atom stereocenters. The van der Waals surface area contributed by atoms with Crippen molar-refractivity contribution < 1.29 is 5.11 Å². The second-order valence-electron chi connectivity index (χ2n) is 3.31. The lowest BCUT2D eigenvalue weighted by molar-refractivity contribution is 0.476. The van der Waals surface area contributed by atoms with Crippen LogP contribution in [0.2, 0.25) is 0 Å². The summed E-state index contributed by atoms with van der Waals surface area (Å²) in [6.45, 7) is 1.79. The highest BCUT2D eigenvalue weighted by molar-refractivity contribution is 5.87. The molecule has 0 spiro atoms. The zero-order valence-electron chi connectivity index (χ0n) is 8.15. The molecule has 0 fully saturated rings. The quantitative estimate of drug-likeness (QED) is 0.676. The van der Waals surface area contributed by atoms with Gasteiger partial charge in [0.15, 0.2) is 0 Å². The van der Waals surface area contributed by atoms with Crippen LogP contribution in [0, 0.1) is 18.3 Å². The first-order valence-corrected chi connectivity index (χ1v) is 4.42. The third-order valence-electron chi connectivity index (χ3n) is 2.37. The van der Waals surface area contributed by atoms with Crippen molar-refractivity contribution in [3.05, 3.63) is 29.3 Å². The second-order valence-corrected chi connectivity index (χ2v) is 3.31. The van der Waals surface area contributed by atoms with Gasteiger partial charge < -0.3 is 10.8 Å². The zero-order valence-corrected chi connectivity index (χ0v) is 8.15. The molecule has 2 aromatic rings. The van der Waals surface area contributed by atoms with E-state index in [4.69, 9.17) is 11.0 Å². The number of aromatic nitrogens is 1. The number of phenols is 1. The van der Waals surface area contributed by atoms with Gasteiger partial charge in [0.05, 0.1) is 11.1 Å². The number of benzene rings is 1. The fourth-order valence-electron chi connectivity index (χ4n) is 1.58. The fourth-order valence-corrected chi connectivity index (χ4v) is 1.58. The molecule has 0 aliphatic rings. The molecule has 0 aliphatic heterocycles. The highest BCUT2D eigenvalue weighted by Crippen LogP contribution is 2.26. The van der Waals surface area contributed by atoms with E-state index in [9.17, 15) is 5.11 Å². The van der Waals surface area contributed by atoms with Gasteiger partial charge in [-0.05, 0) is 30.7 Å². The number of rotatable bonds is 0. The number of nitriles is 1. The van der Waals surface area contributed by atoms with Crippen LogP contribution in [-0.2, 0) is 0 Å². The first-order chi connectivity index (χ1) is 7.13. The average molecular weight is 199 g/mol. The molecule has 0 bridgehead atoms. The number of anilines is 1. The fraction of sp³-hybridized carbons (Fsp3) is 0.0909. The highest BCUT2D eigenvalue weighted by atomic mass is 16.3. The van der Waals surface area contributed by atoms with E-state index in [0.717, 1.165) is 10.9 Å². The Hall–Kier alpha value is -2.28. The third-order valence-corrected chi connectivity index (χ3v) is 2.37. The Labute approximate surface area is 86.6 Å². The predicted molar refractivity (Wildman–Crippen MR) is 57.3 cm³/mol. The maximum absolute atomic E-state index is 9.35. The Morgan fingerprint density at radius 2 is 2.20 bits per heavy atom. The van der Waals surface area contributed by atoms with Crippen LogP contribution < -0.4 is 5.73 Å². The minimum Gasteiger partial charge on any atom is -0.508 e. The molecule has 15 heavy (non-hydrogen) atoms. The lowest BCUT2D eigenvalue weighted by atomic mass is 10.0. The summed E-state index contributed by atoms with van der Waals surface area (Å²) in [5.74, 6) is 0.384. The van der Waals surface area contributed by atoms with Crippen LogP contribution in [0.5, 0.6) is 5.75 Å². The molecule has 3 N–H and O–H groups in total. The highest BCUT2D eigenvalue weighted by Gasteiger charge is 2.09. The Bertz CT molecular complexity index is 584. The van der Waals surface area contributed by atoms with Crippen LogP contribution in [0.1, 0.15) is 11.1 Å². The van der Waals surface area contributed by atoms with Crippen molar-refractivity contribution in [1.82, 2.24) is 4.98 Å². The van der Waals surface area contributed by atoms with Crippen LogP contribution >= 0.6 is 0 Å². The number of hydrogen-bond donors (Lipinski definition) is 2.